The van der Waals surface area contributed by atoms with Gasteiger partial charge in [0, 0.05) is 18.8 Å². The van der Waals surface area contributed by atoms with E-state index in [2.05, 4.69) is 11.4 Å². The number of ether oxygens (including phenoxy) is 1. The van der Waals surface area contributed by atoms with Gasteiger partial charge < -0.3 is 20.1 Å². The molecule has 5 nitrogen and oxygen atoms in total. The Hall–Kier alpha value is -1.75. The minimum Gasteiger partial charge on any atom is -0.465 e. The molecular formula is C14H18N2O3. The molecule has 0 aliphatic carbocycles. The summed E-state index contributed by atoms with van der Waals surface area (Å²) in [6.45, 7) is 2.58. The molecule has 0 spiro atoms. The van der Waals surface area contributed by atoms with Crippen LogP contribution >= 0.6 is 0 Å². The Morgan fingerprint density at radius 3 is 3.11 bits per heavy atom. The average molecular weight is 262 g/mol. The van der Waals surface area contributed by atoms with Gasteiger partial charge in [0.1, 0.15) is 0 Å². The maximum absolute atomic E-state index is 11.1. The number of fused-ring (bicyclic) bond motifs is 1. The summed E-state index contributed by atoms with van der Waals surface area (Å²) >= 11 is 0. The summed E-state index contributed by atoms with van der Waals surface area (Å²) in [4.78, 5) is 12.6. The van der Waals surface area contributed by atoms with Crippen LogP contribution < -0.4 is 5.32 Å². The van der Waals surface area contributed by atoms with Gasteiger partial charge in [-0.3, -0.25) is 0 Å². The van der Waals surface area contributed by atoms with Gasteiger partial charge in [-0.1, -0.05) is 12.1 Å². The highest BCUT2D eigenvalue weighted by molar-refractivity contribution is 5.67. The fourth-order valence-corrected chi connectivity index (χ4v) is 2.75. The highest BCUT2D eigenvalue weighted by Crippen LogP contribution is 2.27. The quantitative estimate of drug-likeness (QED) is 0.855. The average Bonchev–Trinajstić information content (AvgIpc) is 2.91. The van der Waals surface area contributed by atoms with Gasteiger partial charge in [-0.2, -0.15) is 0 Å². The lowest BCUT2D eigenvalue weighted by Gasteiger charge is -2.29. The molecule has 2 aliphatic heterocycles. The van der Waals surface area contributed by atoms with Gasteiger partial charge in [-0.05, 0) is 30.0 Å². The molecule has 0 bridgehead atoms. The number of hydrogen-bond donors (Lipinski definition) is 2. The number of carbonyl (C=O) groups is 1. The van der Waals surface area contributed by atoms with Gasteiger partial charge in [0.15, 0.2) is 0 Å². The standard InChI is InChI=1S/C14H18N2O3/c17-14(18)16-6-4-10-2-1-3-13(12(10)8-16)15-11-5-7-19-9-11/h1-3,11,15H,4-9H2,(H,17,18)/t11-/m0/s1. The van der Waals surface area contributed by atoms with Crippen LogP contribution in [0.15, 0.2) is 18.2 Å². The molecule has 0 aromatic heterocycles. The van der Waals surface area contributed by atoms with Crippen LogP contribution in [0.25, 0.3) is 0 Å². The van der Waals surface area contributed by atoms with Crippen molar-refractivity contribution in [1.29, 1.82) is 0 Å². The van der Waals surface area contributed by atoms with Crippen LogP contribution in [0.1, 0.15) is 17.5 Å². The highest BCUT2D eigenvalue weighted by Gasteiger charge is 2.23. The van der Waals surface area contributed by atoms with Gasteiger partial charge >= 0.3 is 6.09 Å². The van der Waals surface area contributed by atoms with Gasteiger partial charge in [-0.15, -0.1) is 0 Å². The summed E-state index contributed by atoms with van der Waals surface area (Å²) in [6, 6.07) is 6.49. The van der Waals surface area contributed by atoms with Crippen molar-refractivity contribution < 1.29 is 14.6 Å². The van der Waals surface area contributed by atoms with Crippen molar-refractivity contribution in [3.8, 4) is 0 Å². The number of rotatable bonds is 2. The number of hydrogen-bond acceptors (Lipinski definition) is 3. The molecule has 19 heavy (non-hydrogen) atoms. The fraction of sp³-hybridized carbons (Fsp3) is 0.500. The van der Waals surface area contributed by atoms with Gasteiger partial charge in [0.25, 0.3) is 0 Å². The van der Waals surface area contributed by atoms with E-state index < -0.39 is 6.09 Å². The topological polar surface area (TPSA) is 61.8 Å². The summed E-state index contributed by atoms with van der Waals surface area (Å²) in [5, 5.41) is 12.6. The van der Waals surface area contributed by atoms with Gasteiger partial charge in [0.05, 0.1) is 19.2 Å². The molecule has 102 valence electrons. The molecule has 2 aliphatic rings. The van der Waals surface area contributed by atoms with Crippen molar-refractivity contribution in [2.75, 3.05) is 25.1 Å². The number of anilines is 1. The lowest BCUT2D eigenvalue weighted by atomic mass is 9.98. The first-order chi connectivity index (χ1) is 9.24. The lowest BCUT2D eigenvalue weighted by Crippen LogP contribution is -2.35. The Morgan fingerprint density at radius 2 is 2.37 bits per heavy atom. The van der Waals surface area contributed by atoms with Crippen LogP contribution in [0, 0.1) is 0 Å². The van der Waals surface area contributed by atoms with Crippen LogP contribution in [0.5, 0.6) is 0 Å². The normalized spacial score (nSPS) is 22.1. The minimum atomic E-state index is -0.843. The zero-order chi connectivity index (χ0) is 13.2. The smallest absolute Gasteiger partial charge is 0.407 e. The van der Waals surface area contributed by atoms with E-state index in [0.717, 1.165) is 37.3 Å². The van der Waals surface area contributed by atoms with Crippen molar-refractivity contribution in [1.82, 2.24) is 4.90 Å². The molecule has 0 radical (unpaired) electrons. The Labute approximate surface area is 112 Å². The monoisotopic (exact) mass is 262 g/mol. The molecule has 2 N–H and O–H groups in total. The van der Waals surface area contributed by atoms with E-state index in [9.17, 15) is 4.79 Å². The van der Waals surface area contributed by atoms with Crippen molar-refractivity contribution in [3.05, 3.63) is 29.3 Å². The third-order valence-electron chi connectivity index (χ3n) is 3.83. The molecule has 1 amide bonds. The number of nitrogens with one attached hydrogen (secondary N) is 1. The predicted molar refractivity (Wildman–Crippen MR) is 71.4 cm³/mol. The second kappa shape index (κ2) is 5.09. The Balaban J connectivity index is 1.83. The van der Waals surface area contributed by atoms with Crippen LogP contribution in [-0.4, -0.2) is 41.9 Å². The number of amides is 1. The maximum Gasteiger partial charge on any atom is 0.407 e. The summed E-state index contributed by atoms with van der Waals surface area (Å²) < 4.78 is 5.37. The summed E-state index contributed by atoms with van der Waals surface area (Å²) in [5.74, 6) is 0. The van der Waals surface area contributed by atoms with Crippen LogP contribution in [-0.2, 0) is 17.7 Å². The fourth-order valence-electron chi connectivity index (χ4n) is 2.75. The molecule has 0 unspecified atom stereocenters. The largest absolute Gasteiger partial charge is 0.465 e. The molecule has 1 saturated heterocycles. The summed E-state index contributed by atoms with van der Waals surface area (Å²) in [6.07, 6.45) is 0.953. The van der Waals surface area contributed by atoms with Gasteiger partial charge in [-0.25, -0.2) is 4.79 Å². The van der Waals surface area contributed by atoms with E-state index in [0.29, 0.717) is 19.1 Å². The first-order valence-corrected chi connectivity index (χ1v) is 6.67. The minimum absolute atomic E-state index is 0.340. The number of benzene rings is 1. The second-order valence-electron chi connectivity index (χ2n) is 5.10. The van der Waals surface area contributed by atoms with Crippen LogP contribution in [0.4, 0.5) is 10.5 Å². The first kappa shape index (κ1) is 12.3. The third-order valence-corrected chi connectivity index (χ3v) is 3.83. The molecule has 1 aromatic carbocycles. The molecule has 0 saturated carbocycles. The van der Waals surface area contributed by atoms with E-state index in [4.69, 9.17) is 9.84 Å². The molecule has 1 atom stereocenters. The molecule has 2 heterocycles. The molecule has 1 aromatic rings. The highest BCUT2D eigenvalue weighted by atomic mass is 16.5. The Kier molecular flexibility index (Phi) is 3.29. The molecule has 5 heteroatoms. The van der Waals surface area contributed by atoms with Crippen LogP contribution in [0.2, 0.25) is 0 Å². The Bertz CT molecular complexity index is 484. The van der Waals surface area contributed by atoms with Crippen molar-refractivity contribution >= 4 is 11.8 Å². The Morgan fingerprint density at radius 1 is 1.47 bits per heavy atom. The zero-order valence-corrected chi connectivity index (χ0v) is 10.8. The molecule has 3 rings (SSSR count). The van der Waals surface area contributed by atoms with Crippen molar-refractivity contribution in [2.45, 2.75) is 25.4 Å². The van der Waals surface area contributed by atoms with Gasteiger partial charge in [0.2, 0.25) is 0 Å². The first-order valence-electron chi connectivity index (χ1n) is 6.67. The third kappa shape index (κ3) is 2.51. The van der Waals surface area contributed by atoms with E-state index in [1.165, 1.54) is 10.5 Å². The predicted octanol–water partition coefficient (Wildman–Crippen LogP) is 1.92. The molecular weight excluding hydrogens is 244 g/mol. The van der Waals surface area contributed by atoms with E-state index in [1.54, 1.807) is 0 Å². The molecule has 1 fully saturated rings. The zero-order valence-electron chi connectivity index (χ0n) is 10.8. The van der Waals surface area contributed by atoms with Crippen molar-refractivity contribution in [2.24, 2.45) is 0 Å². The SMILES string of the molecule is O=C(O)N1CCc2cccc(N[C@H]3CCOC3)c2C1. The van der Waals surface area contributed by atoms with E-state index in [1.807, 2.05) is 12.1 Å². The maximum atomic E-state index is 11.1. The van der Waals surface area contributed by atoms with E-state index >= 15 is 0 Å². The number of carboxylic acid groups (broad SMARTS) is 1. The van der Waals surface area contributed by atoms with Crippen LogP contribution in [0.3, 0.4) is 0 Å². The summed E-state index contributed by atoms with van der Waals surface area (Å²) in [7, 11) is 0. The summed E-state index contributed by atoms with van der Waals surface area (Å²) in [5.41, 5.74) is 3.42. The lowest BCUT2D eigenvalue weighted by molar-refractivity contribution is 0.140. The van der Waals surface area contributed by atoms with E-state index in [-0.39, 0.29) is 0 Å². The van der Waals surface area contributed by atoms with Crippen molar-refractivity contribution in [3.63, 3.8) is 0 Å². The second-order valence-corrected chi connectivity index (χ2v) is 5.10. The number of nitrogens with zero attached hydrogens (tertiary/aromatic N) is 1.